The molecule has 0 N–H and O–H groups in total. The van der Waals surface area contributed by atoms with E-state index in [9.17, 15) is 9.18 Å². The lowest BCUT2D eigenvalue weighted by molar-refractivity contribution is -0.125. The highest BCUT2D eigenvalue weighted by Gasteiger charge is 2.26. The van der Waals surface area contributed by atoms with E-state index >= 15 is 0 Å². The molecule has 1 amide bonds. The van der Waals surface area contributed by atoms with Crippen molar-refractivity contribution in [1.82, 2.24) is 4.90 Å². The summed E-state index contributed by atoms with van der Waals surface area (Å²) >= 11 is 0. The summed E-state index contributed by atoms with van der Waals surface area (Å²) in [5, 5.41) is 0. The van der Waals surface area contributed by atoms with Crippen LogP contribution in [0.3, 0.4) is 0 Å². The van der Waals surface area contributed by atoms with Crippen molar-refractivity contribution in [2.75, 3.05) is 20.2 Å². The molecule has 0 saturated carbocycles. The van der Waals surface area contributed by atoms with Crippen LogP contribution >= 0.6 is 0 Å². The van der Waals surface area contributed by atoms with Crippen LogP contribution in [-0.4, -0.2) is 31.0 Å². The number of nitrogens with zero attached hydrogens (tertiary/aromatic N) is 1. The van der Waals surface area contributed by atoms with Gasteiger partial charge in [0.2, 0.25) is 5.91 Å². The maximum absolute atomic E-state index is 13.6. The molecule has 4 heteroatoms. The van der Waals surface area contributed by atoms with Crippen molar-refractivity contribution >= 4 is 5.91 Å². The topological polar surface area (TPSA) is 29.5 Å². The van der Waals surface area contributed by atoms with Crippen LogP contribution < -0.4 is 4.74 Å². The number of methoxy groups -OCH3 is 1. The first-order chi connectivity index (χ1) is 8.65. The third-order valence-corrected chi connectivity index (χ3v) is 3.32. The molecule has 2 rings (SSSR count). The molecule has 0 spiro atoms. The van der Waals surface area contributed by atoms with Crippen molar-refractivity contribution < 1.29 is 13.9 Å². The van der Waals surface area contributed by atoms with E-state index < -0.39 is 0 Å². The lowest BCUT2D eigenvalue weighted by Gasteiger charge is -2.14. The molecule has 1 atom stereocenters. The zero-order valence-electron chi connectivity index (χ0n) is 10.4. The minimum Gasteiger partial charge on any atom is -0.494 e. The maximum Gasteiger partial charge on any atom is 0.245 e. The molecule has 96 valence electrons. The number of likely N-dealkylation sites (tertiary alicyclic amines) is 1. The van der Waals surface area contributed by atoms with Gasteiger partial charge in [-0.2, -0.15) is 0 Å². The Morgan fingerprint density at radius 3 is 3.00 bits per heavy atom. The summed E-state index contributed by atoms with van der Waals surface area (Å²) in [6.07, 6.45) is 2.17. The van der Waals surface area contributed by atoms with Crippen molar-refractivity contribution in [3.63, 3.8) is 0 Å². The van der Waals surface area contributed by atoms with Gasteiger partial charge in [0.25, 0.3) is 0 Å². The molecule has 0 aliphatic carbocycles. The van der Waals surface area contributed by atoms with Crippen molar-refractivity contribution in [2.24, 2.45) is 0 Å². The third-order valence-electron chi connectivity index (χ3n) is 3.32. The summed E-state index contributed by atoms with van der Waals surface area (Å²) in [6, 6.07) is 4.97. The third kappa shape index (κ3) is 2.37. The van der Waals surface area contributed by atoms with Crippen molar-refractivity contribution in [2.45, 2.75) is 12.3 Å². The van der Waals surface area contributed by atoms with Crippen molar-refractivity contribution in [3.8, 4) is 5.75 Å². The number of amides is 1. The molecular weight excluding hydrogens is 233 g/mol. The molecule has 0 radical (unpaired) electrons. The summed E-state index contributed by atoms with van der Waals surface area (Å²) in [6.45, 7) is 4.79. The second kappa shape index (κ2) is 5.21. The highest BCUT2D eigenvalue weighted by atomic mass is 19.1. The minimum atomic E-state index is -0.358. The molecule has 0 bridgehead atoms. The second-order valence-corrected chi connectivity index (χ2v) is 4.37. The number of hydrogen-bond acceptors (Lipinski definition) is 2. The fraction of sp³-hybridized carbons (Fsp3) is 0.357. The van der Waals surface area contributed by atoms with Gasteiger partial charge in [0, 0.05) is 19.0 Å². The van der Waals surface area contributed by atoms with Gasteiger partial charge in [-0.3, -0.25) is 4.79 Å². The Bertz CT molecular complexity index is 473. The molecule has 3 nitrogen and oxygen atoms in total. The Morgan fingerprint density at radius 2 is 2.39 bits per heavy atom. The largest absolute Gasteiger partial charge is 0.494 e. The van der Waals surface area contributed by atoms with E-state index in [1.165, 1.54) is 19.3 Å². The van der Waals surface area contributed by atoms with E-state index in [2.05, 4.69) is 6.58 Å². The first kappa shape index (κ1) is 12.6. The highest BCUT2D eigenvalue weighted by Crippen LogP contribution is 2.30. The zero-order valence-corrected chi connectivity index (χ0v) is 10.4. The van der Waals surface area contributed by atoms with Crippen molar-refractivity contribution in [1.29, 1.82) is 0 Å². The van der Waals surface area contributed by atoms with Crippen LogP contribution in [0, 0.1) is 5.82 Å². The second-order valence-electron chi connectivity index (χ2n) is 4.37. The molecular formula is C14H16FNO2. The van der Waals surface area contributed by atoms with Gasteiger partial charge in [0.1, 0.15) is 0 Å². The van der Waals surface area contributed by atoms with Crippen LogP contribution in [0.15, 0.2) is 30.9 Å². The molecule has 1 aliphatic heterocycles. The molecule has 0 aromatic heterocycles. The van der Waals surface area contributed by atoms with Gasteiger partial charge in [-0.1, -0.05) is 12.6 Å². The molecule has 1 fully saturated rings. The lowest BCUT2D eigenvalue weighted by atomic mass is 9.98. The normalized spacial score (nSPS) is 18.8. The summed E-state index contributed by atoms with van der Waals surface area (Å²) in [4.78, 5) is 13.2. The summed E-state index contributed by atoms with van der Waals surface area (Å²) in [5.74, 6) is 0.0139. The summed E-state index contributed by atoms with van der Waals surface area (Å²) < 4.78 is 18.5. The first-order valence-electron chi connectivity index (χ1n) is 5.90. The predicted octanol–water partition coefficient (Wildman–Crippen LogP) is 2.34. The van der Waals surface area contributed by atoms with Gasteiger partial charge in [0.05, 0.1) is 7.11 Å². The zero-order chi connectivity index (χ0) is 13.1. The Balaban J connectivity index is 2.12. The van der Waals surface area contributed by atoms with E-state index in [4.69, 9.17) is 4.74 Å². The number of benzene rings is 1. The highest BCUT2D eigenvalue weighted by molar-refractivity contribution is 5.87. The van der Waals surface area contributed by atoms with Crippen LogP contribution in [0.25, 0.3) is 0 Å². The number of carbonyl (C=O) groups is 1. The molecule has 1 unspecified atom stereocenters. The smallest absolute Gasteiger partial charge is 0.245 e. The maximum atomic E-state index is 13.6. The van der Waals surface area contributed by atoms with Gasteiger partial charge in [-0.25, -0.2) is 4.39 Å². The van der Waals surface area contributed by atoms with E-state index in [0.717, 1.165) is 12.0 Å². The standard InChI is InChI=1S/C14H16FNO2/c1-3-14(17)16-7-6-11(9-16)10-4-5-13(18-2)12(15)8-10/h3-5,8,11H,1,6-7,9H2,2H3. The van der Waals surface area contributed by atoms with E-state index in [-0.39, 0.29) is 23.4 Å². The van der Waals surface area contributed by atoms with Gasteiger partial charge >= 0.3 is 0 Å². The predicted molar refractivity (Wildman–Crippen MR) is 67.1 cm³/mol. The van der Waals surface area contributed by atoms with E-state index in [1.54, 1.807) is 11.0 Å². The van der Waals surface area contributed by atoms with Crippen LogP contribution in [0.2, 0.25) is 0 Å². The molecule has 1 saturated heterocycles. The van der Waals surface area contributed by atoms with E-state index in [1.807, 2.05) is 6.07 Å². The number of rotatable bonds is 3. The SMILES string of the molecule is C=CC(=O)N1CCC(c2ccc(OC)c(F)c2)C1. The lowest BCUT2D eigenvalue weighted by Crippen LogP contribution is -2.26. The number of ether oxygens (including phenoxy) is 1. The summed E-state index contributed by atoms with van der Waals surface area (Å²) in [5.41, 5.74) is 0.910. The minimum absolute atomic E-state index is 0.0634. The average Bonchev–Trinajstić information content (AvgIpc) is 2.87. The van der Waals surface area contributed by atoms with Crippen LogP contribution in [0.1, 0.15) is 17.9 Å². The Morgan fingerprint density at radius 1 is 1.61 bits per heavy atom. The summed E-state index contributed by atoms with van der Waals surface area (Å²) in [7, 11) is 1.44. The van der Waals surface area contributed by atoms with Crippen molar-refractivity contribution in [3.05, 3.63) is 42.2 Å². The molecule has 1 aromatic carbocycles. The van der Waals surface area contributed by atoms with Gasteiger partial charge in [-0.05, 0) is 30.2 Å². The molecule has 1 aliphatic rings. The monoisotopic (exact) mass is 249 g/mol. The number of hydrogen-bond donors (Lipinski definition) is 0. The fourth-order valence-electron chi connectivity index (χ4n) is 2.30. The Hall–Kier alpha value is -1.84. The molecule has 1 aromatic rings. The van der Waals surface area contributed by atoms with Crippen LogP contribution in [-0.2, 0) is 4.79 Å². The fourth-order valence-corrected chi connectivity index (χ4v) is 2.30. The average molecular weight is 249 g/mol. The first-order valence-corrected chi connectivity index (χ1v) is 5.90. The van der Waals surface area contributed by atoms with Crippen LogP contribution in [0.5, 0.6) is 5.75 Å². The number of carbonyl (C=O) groups excluding carboxylic acids is 1. The number of halogens is 1. The van der Waals surface area contributed by atoms with E-state index in [0.29, 0.717) is 13.1 Å². The molecule has 18 heavy (non-hydrogen) atoms. The van der Waals surface area contributed by atoms with Gasteiger partial charge in [0.15, 0.2) is 11.6 Å². The Labute approximate surface area is 106 Å². The Kier molecular flexibility index (Phi) is 3.65. The molecule has 1 heterocycles. The van der Waals surface area contributed by atoms with Crippen LogP contribution in [0.4, 0.5) is 4.39 Å². The quantitative estimate of drug-likeness (QED) is 0.769. The van der Waals surface area contributed by atoms with Gasteiger partial charge in [-0.15, -0.1) is 0 Å². The van der Waals surface area contributed by atoms with Gasteiger partial charge < -0.3 is 9.64 Å².